The Labute approximate surface area is 159 Å². The second-order valence-corrected chi connectivity index (χ2v) is 6.65. The molecular formula is C20H16ClNO5. The molecule has 2 aromatic carbocycles. The molecule has 1 unspecified atom stereocenters. The molecule has 1 aromatic heterocycles. The van der Waals surface area contributed by atoms with Crippen LogP contribution in [0.2, 0.25) is 5.02 Å². The third kappa shape index (κ3) is 2.78. The number of hydrogen-bond donors (Lipinski definition) is 1. The fraction of sp³-hybridized carbons (Fsp3) is 0.200. The Kier molecular flexibility index (Phi) is 4.37. The lowest BCUT2D eigenvalue weighted by atomic mass is 9.98. The molecule has 138 valence electrons. The lowest BCUT2D eigenvalue weighted by molar-refractivity contribution is 0.0691. The smallest absolute Gasteiger partial charge is 0.290 e. The standard InChI is InChI=1S/C20H16ClNO5/c1-26-13-5-2-11(3-6-13)17-16-18(24)14-10-12(21)4-7-15(14)27-19(16)20(25)22(17)8-9-23/h2-7,10,17,23H,8-9H2,1H3. The molecule has 1 aliphatic rings. The molecular weight excluding hydrogens is 370 g/mol. The summed E-state index contributed by atoms with van der Waals surface area (Å²) in [6.07, 6.45) is 0. The SMILES string of the molecule is COc1ccc(C2c3c(oc4ccc(Cl)cc4c3=O)C(=O)N2CCO)cc1. The number of methoxy groups -OCH3 is 1. The van der Waals surface area contributed by atoms with Crippen LogP contribution in [0, 0.1) is 0 Å². The highest BCUT2D eigenvalue weighted by Crippen LogP contribution is 2.38. The highest BCUT2D eigenvalue weighted by Gasteiger charge is 2.42. The molecule has 0 fully saturated rings. The minimum absolute atomic E-state index is 0.00379. The maximum absolute atomic E-state index is 13.2. The number of carbonyl (C=O) groups excluding carboxylic acids is 1. The summed E-state index contributed by atoms with van der Waals surface area (Å²) in [5.41, 5.74) is 0.984. The van der Waals surface area contributed by atoms with Gasteiger partial charge in [-0.25, -0.2) is 0 Å². The van der Waals surface area contributed by atoms with E-state index in [0.29, 0.717) is 21.7 Å². The molecule has 0 spiro atoms. The van der Waals surface area contributed by atoms with E-state index in [0.717, 1.165) is 5.56 Å². The summed E-state index contributed by atoms with van der Waals surface area (Å²) in [5, 5.41) is 10.2. The predicted octanol–water partition coefficient (Wildman–Crippen LogP) is 2.99. The van der Waals surface area contributed by atoms with Gasteiger partial charge in [0.15, 0.2) is 5.43 Å². The van der Waals surface area contributed by atoms with Gasteiger partial charge < -0.3 is 19.2 Å². The van der Waals surface area contributed by atoms with Crippen LogP contribution in [0.4, 0.5) is 0 Å². The van der Waals surface area contributed by atoms with Crippen LogP contribution >= 0.6 is 11.6 Å². The van der Waals surface area contributed by atoms with Gasteiger partial charge in [0.1, 0.15) is 11.3 Å². The first-order valence-corrected chi connectivity index (χ1v) is 8.75. The molecule has 0 bridgehead atoms. The van der Waals surface area contributed by atoms with Crippen molar-refractivity contribution in [2.24, 2.45) is 0 Å². The van der Waals surface area contributed by atoms with E-state index in [4.69, 9.17) is 20.8 Å². The quantitative estimate of drug-likeness (QED) is 0.746. The zero-order valence-corrected chi connectivity index (χ0v) is 15.2. The van der Waals surface area contributed by atoms with Crippen LogP contribution in [0.1, 0.15) is 27.7 Å². The zero-order valence-electron chi connectivity index (χ0n) is 14.4. The van der Waals surface area contributed by atoms with Crippen LogP contribution in [-0.2, 0) is 0 Å². The molecule has 1 amide bonds. The van der Waals surface area contributed by atoms with Crippen LogP contribution < -0.4 is 10.2 Å². The van der Waals surface area contributed by atoms with E-state index in [9.17, 15) is 14.7 Å². The van der Waals surface area contributed by atoms with E-state index in [1.807, 2.05) is 0 Å². The van der Waals surface area contributed by atoms with Crippen molar-refractivity contribution in [2.75, 3.05) is 20.3 Å². The Morgan fingerprint density at radius 2 is 1.93 bits per heavy atom. The molecule has 0 aliphatic carbocycles. The fourth-order valence-electron chi connectivity index (χ4n) is 3.46. The summed E-state index contributed by atoms with van der Waals surface area (Å²) in [4.78, 5) is 27.5. The van der Waals surface area contributed by atoms with Crippen molar-refractivity contribution in [2.45, 2.75) is 6.04 Å². The van der Waals surface area contributed by atoms with Crippen molar-refractivity contribution in [1.29, 1.82) is 0 Å². The monoisotopic (exact) mass is 385 g/mol. The first-order chi connectivity index (χ1) is 13.0. The highest BCUT2D eigenvalue weighted by molar-refractivity contribution is 6.31. The van der Waals surface area contributed by atoms with Crippen LogP contribution in [0.15, 0.2) is 51.7 Å². The molecule has 6 nitrogen and oxygen atoms in total. The van der Waals surface area contributed by atoms with E-state index in [1.54, 1.807) is 43.5 Å². The molecule has 27 heavy (non-hydrogen) atoms. The Bertz CT molecular complexity index is 1090. The summed E-state index contributed by atoms with van der Waals surface area (Å²) >= 11 is 6.03. The number of amides is 1. The average Bonchev–Trinajstić information content (AvgIpc) is 2.95. The third-order valence-electron chi connectivity index (χ3n) is 4.70. The summed E-state index contributed by atoms with van der Waals surface area (Å²) in [6.45, 7) is -0.151. The number of benzene rings is 2. The second kappa shape index (κ2) is 6.72. The number of β-amino-alcohol motifs (C(OH)–C–C–N with tert-alkyl or cyclic N) is 1. The third-order valence-corrected chi connectivity index (χ3v) is 4.94. The number of fused-ring (bicyclic) bond motifs is 2. The van der Waals surface area contributed by atoms with Crippen LogP contribution in [0.25, 0.3) is 11.0 Å². The van der Waals surface area contributed by atoms with Crippen molar-refractivity contribution in [1.82, 2.24) is 4.90 Å². The Morgan fingerprint density at radius 3 is 2.59 bits per heavy atom. The first-order valence-electron chi connectivity index (χ1n) is 8.37. The molecule has 1 atom stereocenters. The van der Waals surface area contributed by atoms with Crippen LogP contribution in [0.5, 0.6) is 5.75 Å². The maximum Gasteiger partial charge on any atom is 0.290 e. The topological polar surface area (TPSA) is 80.0 Å². The maximum atomic E-state index is 13.2. The average molecular weight is 386 g/mol. The molecule has 3 aromatic rings. The number of hydrogen-bond acceptors (Lipinski definition) is 5. The van der Waals surface area contributed by atoms with Gasteiger partial charge in [0.2, 0.25) is 5.76 Å². The molecule has 4 rings (SSSR count). The highest BCUT2D eigenvalue weighted by atomic mass is 35.5. The normalized spacial score (nSPS) is 16.0. The molecule has 1 N–H and O–H groups in total. The minimum atomic E-state index is -0.648. The number of aliphatic hydroxyl groups excluding tert-OH is 1. The Morgan fingerprint density at radius 1 is 1.19 bits per heavy atom. The van der Waals surface area contributed by atoms with Crippen molar-refractivity contribution >= 4 is 28.5 Å². The lowest BCUT2D eigenvalue weighted by Gasteiger charge is -2.24. The molecule has 0 saturated carbocycles. The zero-order chi connectivity index (χ0) is 19.1. The van der Waals surface area contributed by atoms with Crippen molar-refractivity contribution < 1.29 is 19.1 Å². The number of halogens is 1. The van der Waals surface area contributed by atoms with Gasteiger partial charge in [0.25, 0.3) is 5.91 Å². The summed E-state index contributed by atoms with van der Waals surface area (Å²) < 4.78 is 10.9. The first kappa shape index (κ1) is 17.6. The van der Waals surface area contributed by atoms with Crippen molar-refractivity contribution in [3.8, 4) is 5.75 Å². The number of carbonyl (C=O) groups is 1. The molecule has 2 heterocycles. The van der Waals surface area contributed by atoms with Gasteiger partial charge in [-0.1, -0.05) is 23.7 Å². The predicted molar refractivity (Wildman–Crippen MR) is 100 cm³/mol. The van der Waals surface area contributed by atoms with E-state index in [1.165, 1.54) is 11.0 Å². The molecule has 0 radical (unpaired) electrons. The van der Waals surface area contributed by atoms with E-state index >= 15 is 0 Å². The van der Waals surface area contributed by atoms with Crippen LogP contribution in [-0.4, -0.2) is 36.2 Å². The Balaban J connectivity index is 1.97. The van der Waals surface area contributed by atoms with Gasteiger partial charge >= 0.3 is 0 Å². The fourth-order valence-corrected chi connectivity index (χ4v) is 3.64. The lowest BCUT2D eigenvalue weighted by Crippen LogP contribution is -2.32. The van der Waals surface area contributed by atoms with Gasteiger partial charge in [-0.3, -0.25) is 9.59 Å². The van der Waals surface area contributed by atoms with E-state index in [2.05, 4.69) is 0 Å². The van der Waals surface area contributed by atoms with Gasteiger partial charge in [-0.05, 0) is 35.9 Å². The summed E-state index contributed by atoms with van der Waals surface area (Å²) in [5.74, 6) is 0.243. The summed E-state index contributed by atoms with van der Waals surface area (Å²) in [7, 11) is 1.56. The van der Waals surface area contributed by atoms with E-state index in [-0.39, 0.29) is 29.9 Å². The molecule has 1 aliphatic heterocycles. The largest absolute Gasteiger partial charge is 0.497 e. The number of nitrogens with zero attached hydrogens (tertiary/aromatic N) is 1. The summed E-state index contributed by atoms with van der Waals surface area (Å²) in [6, 6.07) is 11.2. The minimum Gasteiger partial charge on any atom is -0.497 e. The number of rotatable bonds is 4. The van der Waals surface area contributed by atoms with Gasteiger partial charge in [0.05, 0.1) is 30.7 Å². The number of ether oxygens (including phenoxy) is 1. The van der Waals surface area contributed by atoms with Crippen molar-refractivity contribution in [3.05, 3.63) is 74.6 Å². The van der Waals surface area contributed by atoms with Crippen LogP contribution in [0.3, 0.4) is 0 Å². The van der Waals surface area contributed by atoms with Gasteiger partial charge in [-0.15, -0.1) is 0 Å². The second-order valence-electron chi connectivity index (χ2n) is 6.21. The molecule has 7 heteroatoms. The van der Waals surface area contributed by atoms with Crippen molar-refractivity contribution in [3.63, 3.8) is 0 Å². The van der Waals surface area contributed by atoms with Gasteiger partial charge in [0, 0.05) is 11.6 Å². The Hall–Kier alpha value is -2.83. The number of aliphatic hydroxyl groups is 1. The van der Waals surface area contributed by atoms with Gasteiger partial charge in [-0.2, -0.15) is 0 Å². The molecule has 0 saturated heterocycles. The van der Waals surface area contributed by atoms with E-state index < -0.39 is 11.9 Å².